The minimum absolute atomic E-state index is 0.177. The number of likely N-dealkylation sites (tertiary alicyclic amines) is 1. The Morgan fingerprint density at radius 1 is 1.06 bits per heavy atom. The van der Waals surface area contributed by atoms with Gasteiger partial charge in [-0.1, -0.05) is 30.3 Å². The fourth-order valence-corrected chi connectivity index (χ4v) is 5.70. The van der Waals surface area contributed by atoms with Crippen LogP contribution in [0.5, 0.6) is 11.5 Å². The second kappa shape index (κ2) is 9.40. The third-order valence-electron chi connectivity index (χ3n) is 6.14. The zero-order valence-electron chi connectivity index (χ0n) is 18.6. The molecule has 2 aliphatic heterocycles. The Labute approximate surface area is 190 Å². The predicted molar refractivity (Wildman–Crippen MR) is 124 cm³/mol. The van der Waals surface area contributed by atoms with E-state index in [1.807, 2.05) is 18.2 Å². The van der Waals surface area contributed by atoms with Crippen LogP contribution in [0.2, 0.25) is 0 Å². The van der Waals surface area contributed by atoms with Gasteiger partial charge < -0.3 is 14.4 Å². The Bertz CT molecular complexity index is 1050. The topological polar surface area (TPSA) is 76.2 Å². The van der Waals surface area contributed by atoms with E-state index < -0.39 is 16.1 Å². The number of fused-ring (bicyclic) bond motifs is 1. The van der Waals surface area contributed by atoms with Crippen molar-refractivity contribution in [1.29, 1.82) is 0 Å². The van der Waals surface area contributed by atoms with Crippen molar-refractivity contribution in [1.82, 2.24) is 4.90 Å². The Balaban J connectivity index is 1.45. The van der Waals surface area contributed by atoms with E-state index in [1.165, 1.54) is 9.87 Å². The molecule has 4 rings (SSSR count). The van der Waals surface area contributed by atoms with Crippen LogP contribution >= 0.6 is 0 Å². The van der Waals surface area contributed by atoms with Crippen LogP contribution in [0.25, 0.3) is 0 Å². The lowest BCUT2D eigenvalue weighted by Gasteiger charge is -2.37. The number of carbonyl (C=O) groups is 1. The summed E-state index contributed by atoms with van der Waals surface area (Å²) in [5.74, 6) is 1.42. The largest absolute Gasteiger partial charge is 0.486 e. The smallest absolute Gasteiger partial charge is 0.246 e. The molecule has 7 nitrogen and oxygen atoms in total. The van der Waals surface area contributed by atoms with Crippen LogP contribution in [0.15, 0.2) is 48.5 Å². The second-order valence-electron chi connectivity index (χ2n) is 8.52. The lowest BCUT2D eigenvalue weighted by molar-refractivity contribution is -0.133. The highest BCUT2D eigenvalue weighted by molar-refractivity contribution is 7.92. The van der Waals surface area contributed by atoms with Crippen molar-refractivity contribution in [3.8, 4) is 11.5 Å². The fourth-order valence-electron chi connectivity index (χ4n) is 4.54. The summed E-state index contributed by atoms with van der Waals surface area (Å²) >= 11 is 0. The van der Waals surface area contributed by atoms with Crippen molar-refractivity contribution in [2.75, 3.05) is 36.9 Å². The standard InChI is InChI=1S/C24H30N2O5S/c1-18(24(27)25-12-10-20(11-13-25)16-19-6-4-3-5-7-19)26(32(2,28)29)21-8-9-22-23(17-21)31-15-14-30-22/h3-9,17-18,20H,10-16H2,1-2H3/t18-/m0/s1. The van der Waals surface area contributed by atoms with Crippen molar-refractivity contribution < 1.29 is 22.7 Å². The van der Waals surface area contributed by atoms with E-state index in [4.69, 9.17) is 9.47 Å². The van der Waals surface area contributed by atoms with Crippen LogP contribution in [0, 0.1) is 5.92 Å². The van der Waals surface area contributed by atoms with Gasteiger partial charge in [0.25, 0.3) is 0 Å². The number of benzene rings is 2. The van der Waals surface area contributed by atoms with Crippen LogP contribution in [0.3, 0.4) is 0 Å². The van der Waals surface area contributed by atoms with Gasteiger partial charge in [-0.3, -0.25) is 9.10 Å². The molecule has 172 valence electrons. The van der Waals surface area contributed by atoms with Gasteiger partial charge in [0.2, 0.25) is 15.9 Å². The molecule has 0 aliphatic carbocycles. The lowest BCUT2D eigenvalue weighted by Crippen LogP contribution is -2.51. The minimum atomic E-state index is -3.69. The van der Waals surface area contributed by atoms with Gasteiger partial charge in [-0.2, -0.15) is 0 Å². The number of sulfonamides is 1. The van der Waals surface area contributed by atoms with E-state index in [9.17, 15) is 13.2 Å². The zero-order valence-corrected chi connectivity index (χ0v) is 19.4. The summed E-state index contributed by atoms with van der Waals surface area (Å²) in [6.45, 7) is 3.79. The van der Waals surface area contributed by atoms with Crippen molar-refractivity contribution in [3.05, 3.63) is 54.1 Å². The van der Waals surface area contributed by atoms with Gasteiger partial charge >= 0.3 is 0 Å². The third-order valence-corrected chi connectivity index (χ3v) is 7.38. The minimum Gasteiger partial charge on any atom is -0.486 e. The monoisotopic (exact) mass is 458 g/mol. The van der Waals surface area contributed by atoms with Gasteiger partial charge in [0.1, 0.15) is 19.3 Å². The van der Waals surface area contributed by atoms with Gasteiger partial charge in [-0.05, 0) is 49.8 Å². The molecule has 0 bridgehead atoms. The summed E-state index contributed by atoms with van der Waals surface area (Å²) in [5.41, 5.74) is 1.71. The lowest BCUT2D eigenvalue weighted by atomic mass is 9.90. The van der Waals surface area contributed by atoms with Gasteiger partial charge in [-0.15, -0.1) is 0 Å². The fraction of sp³-hybridized carbons (Fsp3) is 0.458. The zero-order chi connectivity index (χ0) is 22.7. The number of nitrogens with zero attached hydrogens (tertiary/aromatic N) is 2. The molecular formula is C24H30N2O5S. The maximum absolute atomic E-state index is 13.3. The molecule has 0 saturated carbocycles. The van der Waals surface area contributed by atoms with E-state index in [-0.39, 0.29) is 5.91 Å². The molecule has 1 atom stereocenters. The normalized spacial score (nSPS) is 17.6. The van der Waals surface area contributed by atoms with Crippen LogP contribution in [0.1, 0.15) is 25.3 Å². The summed E-state index contributed by atoms with van der Waals surface area (Å²) in [7, 11) is -3.69. The van der Waals surface area contributed by atoms with E-state index in [2.05, 4.69) is 12.1 Å². The number of piperidine rings is 1. The molecule has 0 N–H and O–H groups in total. The number of ether oxygens (including phenoxy) is 2. The number of rotatable bonds is 6. The van der Waals surface area contributed by atoms with Crippen molar-refractivity contribution >= 4 is 21.6 Å². The molecule has 2 aromatic rings. The van der Waals surface area contributed by atoms with Crippen molar-refractivity contribution in [2.45, 2.75) is 32.2 Å². The Morgan fingerprint density at radius 2 is 1.72 bits per heavy atom. The molecule has 2 heterocycles. The molecule has 32 heavy (non-hydrogen) atoms. The summed E-state index contributed by atoms with van der Waals surface area (Å²) in [4.78, 5) is 15.1. The van der Waals surface area contributed by atoms with Gasteiger partial charge in [-0.25, -0.2) is 8.42 Å². The molecule has 1 amide bonds. The maximum atomic E-state index is 13.3. The first-order chi connectivity index (χ1) is 15.3. The van der Waals surface area contributed by atoms with Gasteiger partial charge in [0.05, 0.1) is 11.9 Å². The maximum Gasteiger partial charge on any atom is 0.246 e. The number of carbonyl (C=O) groups excluding carboxylic acids is 1. The average molecular weight is 459 g/mol. The van der Waals surface area contributed by atoms with Gasteiger partial charge in [0.15, 0.2) is 11.5 Å². The SMILES string of the molecule is C[C@@H](C(=O)N1CCC(Cc2ccccc2)CC1)N(c1ccc2c(c1)OCCO2)S(C)(=O)=O. The van der Waals surface area contributed by atoms with Crippen LogP contribution in [-0.4, -0.2) is 57.8 Å². The molecule has 1 saturated heterocycles. The summed E-state index contributed by atoms with van der Waals surface area (Å²) < 4.78 is 37.7. The van der Waals surface area contributed by atoms with Crippen LogP contribution in [0.4, 0.5) is 5.69 Å². The molecule has 8 heteroatoms. The summed E-state index contributed by atoms with van der Waals surface area (Å²) in [6.07, 6.45) is 3.96. The number of hydrogen-bond donors (Lipinski definition) is 0. The van der Waals surface area contributed by atoms with E-state index in [0.717, 1.165) is 25.5 Å². The first-order valence-electron chi connectivity index (χ1n) is 11.0. The quantitative estimate of drug-likeness (QED) is 0.665. The first kappa shape index (κ1) is 22.5. The van der Waals surface area contributed by atoms with Crippen molar-refractivity contribution in [3.63, 3.8) is 0 Å². The third kappa shape index (κ3) is 5.01. The Kier molecular flexibility index (Phi) is 6.60. The molecule has 0 unspecified atom stereocenters. The van der Waals surface area contributed by atoms with Crippen molar-refractivity contribution in [2.24, 2.45) is 5.92 Å². The summed E-state index contributed by atoms with van der Waals surface area (Å²) in [6, 6.07) is 14.5. The highest BCUT2D eigenvalue weighted by Gasteiger charge is 2.34. The average Bonchev–Trinajstić information content (AvgIpc) is 2.79. The van der Waals surface area contributed by atoms with Crippen LogP contribution in [-0.2, 0) is 21.2 Å². The van der Waals surface area contributed by atoms with E-state index in [0.29, 0.717) is 49.4 Å². The molecule has 1 fully saturated rings. The van der Waals surface area contributed by atoms with Crippen LogP contribution < -0.4 is 13.8 Å². The molecular weight excluding hydrogens is 428 g/mol. The van der Waals surface area contributed by atoms with E-state index in [1.54, 1.807) is 30.0 Å². The molecule has 0 spiro atoms. The first-order valence-corrected chi connectivity index (χ1v) is 12.9. The van der Waals surface area contributed by atoms with E-state index >= 15 is 0 Å². The predicted octanol–water partition coefficient (Wildman–Crippen LogP) is 3.09. The molecule has 2 aromatic carbocycles. The molecule has 0 radical (unpaired) electrons. The highest BCUT2D eigenvalue weighted by atomic mass is 32.2. The highest BCUT2D eigenvalue weighted by Crippen LogP contribution is 2.35. The second-order valence-corrected chi connectivity index (χ2v) is 10.4. The summed E-state index contributed by atoms with van der Waals surface area (Å²) in [5, 5.41) is 0. The Hall–Kier alpha value is -2.74. The number of amides is 1. The number of hydrogen-bond acceptors (Lipinski definition) is 5. The van der Waals surface area contributed by atoms with Gasteiger partial charge in [0, 0.05) is 19.2 Å². The molecule has 0 aromatic heterocycles. The Morgan fingerprint density at radius 3 is 2.38 bits per heavy atom. The number of anilines is 1. The molecule has 2 aliphatic rings.